The van der Waals surface area contributed by atoms with Crippen LogP contribution in [0.5, 0.6) is 11.5 Å². The monoisotopic (exact) mass is 264 g/mol. The van der Waals surface area contributed by atoms with E-state index in [9.17, 15) is 5.11 Å². The maximum atomic E-state index is 9.53. The second kappa shape index (κ2) is 8.59. The summed E-state index contributed by atoms with van der Waals surface area (Å²) in [6, 6.07) is 5.53. The number of hydrogen-bond donors (Lipinski definition) is 1. The zero-order valence-electron chi connectivity index (χ0n) is 11.9. The molecule has 19 heavy (non-hydrogen) atoms. The first-order valence-corrected chi connectivity index (χ1v) is 6.78. The molecule has 0 bridgehead atoms. The van der Waals surface area contributed by atoms with Crippen molar-refractivity contribution in [1.29, 1.82) is 0 Å². The van der Waals surface area contributed by atoms with Crippen molar-refractivity contribution in [2.75, 3.05) is 13.7 Å². The maximum absolute atomic E-state index is 9.53. The van der Waals surface area contributed by atoms with E-state index in [1.807, 2.05) is 24.3 Å². The summed E-state index contributed by atoms with van der Waals surface area (Å²) in [6.45, 7) is 6.12. The fraction of sp³-hybridized carbons (Fsp3) is 0.500. The number of rotatable bonds is 9. The standard InChI is InChI=1S/C16H24O3/c1-4-5-6-7-8-11-19-15-10-9-14(13(2)17)12-16(15)18-3/h4,9-10,12-13,17H,1,5-8,11H2,2-3H3/t13-/m1/s1. The number of allylic oxidation sites excluding steroid dienone is 1. The zero-order valence-corrected chi connectivity index (χ0v) is 11.9. The minimum atomic E-state index is -0.498. The van der Waals surface area contributed by atoms with Gasteiger partial charge in [0.2, 0.25) is 0 Å². The van der Waals surface area contributed by atoms with Crippen LogP contribution in [0.3, 0.4) is 0 Å². The van der Waals surface area contributed by atoms with Gasteiger partial charge in [0.25, 0.3) is 0 Å². The molecule has 1 aromatic rings. The average Bonchev–Trinajstić information content (AvgIpc) is 2.42. The summed E-state index contributed by atoms with van der Waals surface area (Å²) in [5.41, 5.74) is 0.829. The highest BCUT2D eigenvalue weighted by atomic mass is 16.5. The quantitative estimate of drug-likeness (QED) is 0.543. The summed E-state index contributed by atoms with van der Waals surface area (Å²) >= 11 is 0. The molecule has 0 aliphatic heterocycles. The normalized spacial score (nSPS) is 11.9. The van der Waals surface area contributed by atoms with Crippen LogP contribution in [-0.2, 0) is 0 Å². The molecule has 0 saturated heterocycles. The van der Waals surface area contributed by atoms with Crippen LogP contribution in [0.15, 0.2) is 30.9 Å². The number of aliphatic hydroxyl groups excluding tert-OH is 1. The fourth-order valence-corrected chi connectivity index (χ4v) is 1.81. The first-order valence-electron chi connectivity index (χ1n) is 6.78. The van der Waals surface area contributed by atoms with Crippen molar-refractivity contribution in [2.45, 2.75) is 38.7 Å². The molecule has 0 fully saturated rings. The zero-order chi connectivity index (χ0) is 14.1. The number of aliphatic hydroxyl groups is 1. The first kappa shape index (κ1) is 15.6. The summed E-state index contributed by atoms with van der Waals surface area (Å²) in [4.78, 5) is 0. The predicted octanol–water partition coefficient (Wildman–Crippen LogP) is 3.87. The third kappa shape index (κ3) is 5.35. The number of hydrogen-bond acceptors (Lipinski definition) is 3. The molecular formula is C16H24O3. The summed E-state index contributed by atoms with van der Waals surface area (Å²) in [7, 11) is 1.61. The Morgan fingerprint density at radius 2 is 2.05 bits per heavy atom. The molecule has 0 aromatic heterocycles. The molecule has 0 radical (unpaired) electrons. The van der Waals surface area contributed by atoms with Gasteiger partial charge in [0.15, 0.2) is 11.5 Å². The molecule has 0 aliphatic carbocycles. The molecule has 0 spiro atoms. The van der Waals surface area contributed by atoms with E-state index < -0.39 is 6.10 Å². The summed E-state index contributed by atoms with van der Waals surface area (Å²) in [5, 5.41) is 9.53. The van der Waals surface area contributed by atoms with Crippen molar-refractivity contribution < 1.29 is 14.6 Å². The fourth-order valence-electron chi connectivity index (χ4n) is 1.81. The highest BCUT2D eigenvalue weighted by Gasteiger charge is 2.08. The Kier molecular flexibility index (Phi) is 7.04. The van der Waals surface area contributed by atoms with E-state index in [4.69, 9.17) is 9.47 Å². The van der Waals surface area contributed by atoms with Gasteiger partial charge in [-0.25, -0.2) is 0 Å². The van der Waals surface area contributed by atoms with Crippen molar-refractivity contribution in [3.8, 4) is 11.5 Å². The average molecular weight is 264 g/mol. The smallest absolute Gasteiger partial charge is 0.161 e. The van der Waals surface area contributed by atoms with Crippen molar-refractivity contribution in [3.05, 3.63) is 36.4 Å². The number of unbranched alkanes of at least 4 members (excludes halogenated alkanes) is 3. The Hall–Kier alpha value is -1.48. The van der Waals surface area contributed by atoms with Crippen LogP contribution in [0.2, 0.25) is 0 Å². The van der Waals surface area contributed by atoms with Gasteiger partial charge in [0.1, 0.15) is 0 Å². The Bertz CT molecular complexity index is 386. The second-order valence-corrected chi connectivity index (χ2v) is 4.57. The minimum absolute atomic E-state index is 0.498. The number of methoxy groups -OCH3 is 1. The molecule has 0 amide bonds. The van der Waals surface area contributed by atoms with Crippen LogP contribution in [0, 0.1) is 0 Å². The van der Waals surface area contributed by atoms with E-state index in [2.05, 4.69) is 6.58 Å². The van der Waals surface area contributed by atoms with Gasteiger partial charge in [-0.3, -0.25) is 0 Å². The highest BCUT2D eigenvalue weighted by molar-refractivity contribution is 5.43. The third-order valence-corrected chi connectivity index (χ3v) is 2.98. The van der Waals surface area contributed by atoms with Crippen LogP contribution in [0.25, 0.3) is 0 Å². The lowest BCUT2D eigenvalue weighted by atomic mass is 10.1. The van der Waals surface area contributed by atoms with Crippen molar-refractivity contribution in [2.24, 2.45) is 0 Å². The minimum Gasteiger partial charge on any atom is -0.493 e. The van der Waals surface area contributed by atoms with Gasteiger partial charge in [0, 0.05) is 0 Å². The van der Waals surface area contributed by atoms with Gasteiger partial charge < -0.3 is 14.6 Å². The third-order valence-electron chi connectivity index (χ3n) is 2.98. The molecule has 3 heteroatoms. The topological polar surface area (TPSA) is 38.7 Å². The molecule has 0 unspecified atom stereocenters. The van der Waals surface area contributed by atoms with E-state index in [1.165, 1.54) is 0 Å². The molecule has 1 atom stereocenters. The highest BCUT2D eigenvalue weighted by Crippen LogP contribution is 2.30. The van der Waals surface area contributed by atoms with Gasteiger partial charge in [-0.05, 0) is 50.3 Å². The van der Waals surface area contributed by atoms with Crippen LogP contribution in [-0.4, -0.2) is 18.8 Å². The Balaban J connectivity index is 2.46. The molecule has 106 valence electrons. The van der Waals surface area contributed by atoms with Gasteiger partial charge in [0.05, 0.1) is 19.8 Å². The number of benzene rings is 1. The van der Waals surface area contributed by atoms with E-state index in [0.29, 0.717) is 12.4 Å². The van der Waals surface area contributed by atoms with Gasteiger partial charge in [-0.15, -0.1) is 6.58 Å². The second-order valence-electron chi connectivity index (χ2n) is 4.57. The van der Waals surface area contributed by atoms with Crippen molar-refractivity contribution in [1.82, 2.24) is 0 Å². The van der Waals surface area contributed by atoms with E-state index in [-0.39, 0.29) is 0 Å². The maximum Gasteiger partial charge on any atom is 0.161 e. The summed E-state index contributed by atoms with van der Waals surface area (Å²) in [5.74, 6) is 1.40. The lowest BCUT2D eigenvalue weighted by Gasteiger charge is -2.13. The SMILES string of the molecule is C=CCCCCCOc1ccc([C@@H](C)O)cc1OC. The van der Waals surface area contributed by atoms with Crippen molar-refractivity contribution >= 4 is 0 Å². The van der Waals surface area contributed by atoms with Crippen molar-refractivity contribution in [3.63, 3.8) is 0 Å². The first-order chi connectivity index (χ1) is 9.19. The Morgan fingerprint density at radius 1 is 1.26 bits per heavy atom. The molecule has 1 N–H and O–H groups in total. The molecule has 0 heterocycles. The van der Waals surface area contributed by atoms with Gasteiger partial charge >= 0.3 is 0 Å². The summed E-state index contributed by atoms with van der Waals surface area (Å²) in [6.07, 6.45) is 5.83. The van der Waals surface area contributed by atoms with Crippen LogP contribution in [0.1, 0.15) is 44.3 Å². The lowest BCUT2D eigenvalue weighted by molar-refractivity contribution is 0.198. The predicted molar refractivity (Wildman–Crippen MR) is 77.8 cm³/mol. The molecule has 3 nitrogen and oxygen atoms in total. The lowest BCUT2D eigenvalue weighted by Crippen LogP contribution is -2.00. The van der Waals surface area contributed by atoms with Gasteiger partial charge in [-0.1, -0.05) is 12.1 Å². The van der Waals surface area contributed by atoms with E-state index >= 15 is 0 Å². The number of ether oxygens (including phenoxy) is 2. The molecular weight excluding hydrogens is 240 g/mol. The molecule has 1 aromatic carbocycles. The molecule has 0 aliphatic rings. The van der Waals surface area contributed by atoms with E-state index in [0.717, 1.165) is 37.0 Å². The largest absolute Gasteiger partial charge is 0.493 e. The van der Waals surface area contributed by atoms with Crippen LogP contribution < -0.4 is 9.47 Å². The van der Waals surface area contributed by atoms with Crippen LogP contribution >= 0.6 is 0 Å². The Morgan fingerprint density at radius 3 is 2.68 bits per heavy atom. The van der Waals surface area contributed by atoms with Gasteiger partial charge in [-0.2, -0.15) is 0 Å². The van der Waals surface area contributed by atoms with Crippen LogP contribution in [0.4, 0.5) is 0 Å². The van der Waals surface area contributed by atoms with E-state index in [1.54, 1.807) is 14.0 Å². The molecule has 1 rings (SSSR count). The molecule has 0 saturated carbocycles. The summed E-state index contributed by atoms with van der Waals surface area (Å²) < 4.78 is 11.0. The Labute approximate surface area is 115 Å².